The summed E-state index contributed by atoms with van der Waals surface area (Å²) in [4.78, 5) is 17.2. The van der Waals surface area contributed by atoms with Gasteiger partial charge < -0.3 is 9.55 Å². The summed E-state index contributed by atoms with van der Waals surface area (Å²) in [7, 11) is 2.03. The van der Waals surface area contributed by atoms with Crippen molar-refractivity contribution in [2.45, 2.75) is 0 Å². The summed E-state index contributed by atoms with van der Waals surface area (Å²) in [6.45, 7) is 0. The van der Waals surface area contributed by atoms with E-state index in [0.29, 0.717) is 0 Å². The molecule has 0 unspecified atom stereocenters. The van der Waals surface area contributed by atoms with Gasteiger partial charge in [0.05, 0.1) is 22.1 Å². The molecule has 0 fully saturated rings. The van der Waals surface area contributed by atoms with Crippen molar-refractivity contribution >= 4 is 22.1 Å². The van der Waals surface area contributed by atoms with Gasteiger partial charge in [-0.15, -0.1) is 0 Å². The summed E-state index contributed by atoms with van der Waals surface area (Å²) in [5.41, 5.74) is 5.97. The third-order valence-electron chi connectivity index (χ3n) is 4.45. The maximum atomic E-state index is 4.75. The molecule has 3 aromatic heterocycles. The van der Waals surface area contributed by atoms with Crippen molar-refractivity contribution in [3.8, 4) is 22.8 Å². The molecule has 3 heterocycles. The molecule has 0 aliphatic rings. The van der Waals surface area contributed by atoms with Crippen molar-refractivity contribution in [2.24, 2.45) is 7.05 Å². The number of fused-ring (bicyclic) bond motifs is 2. The number of para-hydroxylation sites is 4. The first-order valence-electron chi connectivity index (χ1n) is 8.11. The molecule has 0 spiro atoms. The first kappa shape index (κ1) is 13.9. The number of aryl methyl sites for hydroxylation is 1. The van der Waals surface area contributed by atoms with Crippen molar-refractivity contribution in [1.82, 2.24) is 24.5 Å². The number of H-pyrrole nitrogens is 1. The van der Waals surface area contributed by atoms with Crippen molar-refractivity contribution in [3.05, 3.63) is 67.0 Å². The van der Waals surface area contributed by atoms with Crippen LogP contribution in [0.25, 0.3) is 44.8 Å². The van der Waals surface area contributed by atoms with E-state index in [1.165, 1.54) is 0 Å². The normalized spacial score (nSPS) is 11.4. The first-order valence-corrected chi connectivity index (χ1v) is 8.11. The Bertz CT molecular complexity index is 1180. The highest BCUT2D eigenvalue weighted by Gasteiger charge is 2.12. The number of hydrogen-bond acceptors (Lipinski definition) is 3. The summed E-state index contributed by atoms with van der Waals surface area (Å²) in [6, 6.07) is 18.2. The Balaban J connectivity index is 1.66. The fourth-order valence-corrected chi connectivity index (χ4v) is 3.18. The van der Waals surface area contributed by atoms with Gasteiger partial charge in [-0.05, 0) is 30.3 Å². The van der Waals surface area contributed by atoms with E-state index < -0.39 is 0 Å². The van der Waals surface area contributed by atoms with Crippen LogP contribution in [0.4, 0.5) is 0 Å². The van der Waals surface area contributed by atoms with Gasteiger partial charge in [0, 0.05) is 30.6 Å². The maximum Gasteiger partial charge on any atom is 0.142 e. The molecule has 0 saturated heterocycles. The SMILES string of the molecule is Cn1c(-c2cncc(-c3nc4ccccc4[nH]3)c2)nc2ccccc21. The summed E-state index contributed by atoms with van der Waals surface area (Å²) < 4.78 is 2.09. The Kier molecular flexibility index (Phi) is 2.94. The van der Waals surface area contributed by atoms with Gasteiger partial charge in [-0.1, -0.05) is 24.3 Å². The quantitative estimate of drug-likeness (QED) is 0.530. The molecule has 0 saturated carbocycles. The van der Waals surface area contributed by atoms with Crippen molar-refractivity contribution < 1.29 is 0 Å². The highest BCUT2D eigenvalue weighted by molar-refractivity contribution is 5.82. The Morgan fingerprint density at radius 1 is 0.840 bits per heavy atom. The number of aromatic nitrogens is 5. The fourth-order valence-electron chi connectivity index (χ4n) is 3.18. The number of imidazole rings is 2. The number of hydrogen-bond donors (Lipinski definition) is 1. The van der Waals surface area contributed by atoms with Crippen LogP contribution < -0.4 is 0 Å². The maximum absolute atomic E-state index is 4.75. The van der Waals surface area contributed by atoms with Crippen LogP contribution in [0.2, 0.25) is 0 Å². The molecule has 0 aliphatic carbocycles. The number of aromatic amines is 1. The molecule has 0 aliphatic heterocycles. The smallest absolute Gasteiger partial charge is 0.142 e. The molecule has 0 bridgehead atoms. The van der Waals surface area contributed by atoms with E-state index in [1.54, 1.807) is 0 Å². The molecule has 5 aromatic rings. The molecule has 0 radical (unpaired) electrons. The second-order valence-corrected chi connectivity index (χ2v) is 6.05. The molecule has 0 atom stereocenters. The van der Waals surface area contributed by atoms with E-state index in [9.17, 15) is 0 Å². The van der Waals surface area contributed by atoms with E-state index in [4.69, 9.17) is 4.98 Å². The third kappa shape index (κ3) is 2.21. The summed E-state index contributed by atoms with van der Waals surface area (Å²) in [5.74, 6) is 1.71. The molecule has 5 nitrogen and oxygen atoms in total. The van der Waals surface area contributed by atoms with Crippen molar-refractivity contribution in [3.63, 3.8) is 0 Å². The Morgan fingerprint density at radius 2 is 1.60 bits per heavy atom. The topological polar surface area (TPSA) is 59.4 Å². The van der Waals surface area contributed by atoms with Crippen LogP contribution in [0.15, 0.2) is 67.0 Å². The van der Waals surface area contributed by atoms with Crippen LogP contribution in [-0.4, -0.2) is 24.5 Å². The van der Waals surface area contributed by atoms with Crippen molar-refractivity contribution in [2.75, 3.05) is 0 Å². The molecule has 1 N–H and O–H groups in total. The first-order chi connectivity index (χ1) is 12.3. The lowest BCUT2D eigenvalue weighted by Crippen LogP contribution is -1.94. The van der Waals surface area contributed by atoms with Gasteiger partial charge in [-0.3, -0.25) is 4.98 Å². The zero-order valence-electron chi connectivity index (χ0n) is 13.6. The highest BCUT2D eigenvalue weighted by Crippen LogP contribution is 2.27. The van der Waals surface area contributed by atoms with E-state index in [0.717, 1.165) is 44.8 Å². The lowest BCUT2D eigenvalue weighted by molar-refractivity contribution is 0.957. The number of nitrogens with zero attached hydrogens (tertiary/aromatic N) is 4. The summed E-state index contributed by atoms with van der Waals surface area (Å²) in [6.07, 6.45) is 3.66. The van der Waals surface area contributed by atoms with Crippen molar-refractivity contribution in [1.29, 1.82) is 0 Å². The largest absolute Gasteiger partial charge is 0.338 e. The molecule has 5 rings (SSSR count). The fraction of sp³-hybridized carbons (Fsp3) is 0.0500. The molecular formula is C20H15N5. The van der Waals surface area contributed by atoms with Crippen LogP contribution in [-0.2, 0) is 7.05 Å². The van der Waals surface area contributed by atoms with Gasteiger partial charge in [0.15, 0.2) is 0 Å². The monoisotopic (exact) mass is 325 g/mol. The molecular weight excluding hydrogens is 310 g/mol. The summed E-state index contributed by atoms with van der Waals surface area (Å²) >= 11 is 0. The predicted octanol–water partition coefficient (Wildman–Crippen LogP) is 4.18. The molecule has 0 amide bonds. The summed E-state index contributed by atoms with van der Waals surface area (Å²) in [5, 5.41) is 0. The van der Waals surface area contributed by atoms with E-state index in [2.05, 4.69) is 31.7 Å². The van der Waals surface area contributed by atoms with Gasteiger partial charge in [-0.25, -0.2) is 9.97 Å². The molecule has 120 valence electrons. The van der Waals surface area contributed by atoms with Crippen LogP contribution in [0.1, 0.15) is 0 Å². The van der Waals surface area contributed by atoms with E-state index >= 15 is 0 Å². The minimum absolute atomic E-state index is 0.814. The Hall–Kier alpha value is -3.47. The highest BCUT2D eigenvalue weighted by atomic mass is 15.1. The molecule has 25 heavy (non-hydrogen) atoms. The third-order valence-corrected chi connectivity index (χ3v) is 4.45. The van der Waals surface area contributed by atoms with Gasteiger partial charge in [0.25, 0.3) is 0 Å². The van der Waals surface area contributed by atoms with Crippen LogP contribution in [0, 0.1) is 0 Å². The Morgan fingerprint density at radius 3 is 2.44 bits per heavy atom. The zero-order chi connectivity index (χ0) is 16.8. The number of nitrogens with one attached hydrogen (secondary N) is 1. The van der Waals surface area contributed by atoms with Gasteiger partial charge in [0.1, 0.15) is 11.6 Å². The zero-order valence-corrected chi connectivity index (χ0v) is 13.6. The average molecular weight is 325 g/mol. The minimum atomic E-state index is 0.814. The van der Waals surface area contributed by atoms with Crippen LogP contribution >= 0.6 is 0 Å². The lowest BCUT2D eigenvalue weighted by Gasteiger charge is -2.04. The Labute approximate surface area is 144 Å². The van der Waals surface area contributed by atoms with E-state index in [1.807, 2.05) is 61.9 Å². The van der Waals surface area contributed by atoms with Gasteiger partial charge in [-0.2, -0.15) is 0 Å². The van der Waals surface area contributed by atoms with Crippen LogP contribution in [0.5, 0.6) is 0 Å². The second-order valence-electron chi connectivity index (χ2n) is 6.05. The van der Waals surface area contributed by atoms with Gasteiger partial charge in [0.2, 0.25) is 0 Å². The minimum Gasteiger partial charge on any atom is -0.338 e. The predicted molar refractivity (Wildman–Crippen MR) is 99.0 cm³/mol. The second kappa shape index (κ2) is 5.27. The number of benzene rings is 2. The average Bonchev–Trinajstić information content (AvgIpc) is 3.24. The molecule has 2 aromatic carbocycles. The number of rotatable bonds is 2. The number of pyridine rings is 1. The molecule has 5 heteroatoms. The lowest BCUT2D eigenvalue weighted by atomic mass is 10.2. The van der Waals surface area contributed by atoms with Crippen LogP contribution in [0.3, 0.4) is 0 Å². The van der Waals surface area contributed by atoms with E-state index in [-0.39, 0.29) is 0 Å². The van der Waals surface area contributed by atoms with Gasteiger partial charge >= 0.3 is 0 Å². The standard InChI is InChI=1S/C20H15N5/c1-25-18-9-5-4-8-17(18)24-20(25)14-10-13(11-21-12-14)19-22-15-6-2-3-7-16(15)23-19/h2-12H,1H3,(H,22,23).